The van der Waals surface area contributed by atoms with E-state index < -0.39 is 0 Å². The molecule has 0 spiro atoms. The van der Waals surface area contributed by atoms with E-state index in [1.54, 1.807) is 0 Å². The van der Waals surface area contributed by atoms with Crippen LogP contribution in [-0.4, -0.2) is 54.5 Å². The lowest BCUT2D eigenvalue weighted by molar-refractivity contribution is -0.136. The third-order valence-electron chi connectivity index (χ3n) is 4.31. The Labute approximate surface area is 118 Å². The molecule has 2 N–H and O–H groups in total. The molecule has 4 nitrogen and oxygen atoms in total. The Morgan fingerprint density at radius 2 is 1.79 bits per heavy atom. The molecule has 3 atom stereocenters. The number of nitrogens with two attached hydrogens (primary N) is 1. The van der Waals surface area contributed by atoms with Crippen molar-refractivity contribution in [1.82, 2.24) is 9.80 Å². The molecule has 0 saturated carbocycles. The highest BCUT2D eigenvalue weighted by molar-refractivity contribution is 5.76. The van der Waals surface area contributed by atoms with E-state index in [4.69, 9.17) is 5.73 Å². The van der Waals surface area contributed by atoms with E-state index in [1.165, 1.54) is 0 Å². The minimum Gasteiger partial charge on any atom is -0.340 e. The summed E-state index contributed by atoms with van der Waals surface area (Å²) in [5, 5.41) is 0. The van der Waals surface area contributed by atoms with Gasteiger partial charge < -0.3 is 10.6 Å². The fourth-order valence-corrected chi connectivity index (χ4v) is 2.91. The Kier molecular flexibility index (Phi) is 6.27. The average molecular weight is 269 g/mol. The first kappa shape index (κ1) is 16.4. The Bertz CT molecular complexity index is 281. The molecule has 0 aromatic heterocycles. The van der Waals surface area contributed by atoms with E-state index in [0.29, 0.717) is 36.9 Å². The van der Waals surface area contributed by atoms with Crippen molar-refractivity contribution in [2.24, 2.45) is 17.6 Å². The summed E-state index contributed by atoms with van der Waals surface area (Å²) >= 11 is 0. The highest BCUT2D eigenvalue weighted by Gasteiger charge is 2.30. The molecule has 1 fully saturated rings. The van der Waals surface area contributed by atoms with Gasteiger partial charge in [-0.3, -0.25) is 9.69 Å². The lowest BCUT2D eigenvalue weighted by Crippen LogP contribution is -2.56. The minimum absolute atomic E-state index is 0.280. The second kappa shape index (κ2) is 7.25. The van der Waals surface area contributed by atoms with Crippen molar-refractivity contribution in [3.8, 4) is 0 Å². The number of nitrogens with zero attached hydrogens (tertiary/aromatic N) is 2. The molecule has 4 heteroatoms. The lowest BCUT2D eigenvalue weighted by Gasteiger charge is -2.42. The maximum absolute atomic E-state index is 12.4. The van der Waals surface area contributed by atoms with E-state index in [0.717, 1.165) is 19.5 Å². The van der Waals surface area contributed by atoms with Gasteiger partial charge in [0.1, 0.15) is 0 Å². The van der Waals surface area contributed by atoms with Gasteiger partial charge in [0.25, 0.3) is 0 Å². The first-order valence-corrected chi connectivity index (χ1v) is 7.54. The van der Waals surface area contributed by atoms with Gasteiger partial charge in [-0.25, -0.2) is 0 Å². The Morgan fingerprint density at radius 3 is 2.21 bits per heavy atom. The first-order chi connectivity index (χ1) is 8.85. The van der Waals surface area contributed by atoms with E-state index >= 15 is 0 Å². The number of hydrogen-bond acceptors (Lipinski definition) is 3. The molecule has 1 saturated heterocycles. The van der Waals surface area contributed by atoms with Crippen molar-refractivity contribution >= 4 is 5.91 Å². The van der Waals surface area contributed by atoms with Gasteiger partial charge in [0.05, 0.1) is 0 Å². The summed E-state index contributed by atoms with van der Waals surface area (Å²) in [7, 11) is 2.14. The molecule has 1 aliphatic heterocycles. The van der Waals surface area contributed by atoms with Crippen LogP contribution in [0.25, 0.3) is 0 Å². The van der Waals surface area contributed by atoms with Crippen molar-refractivity contribution in [2.75, 3.05) is 26.7 Å². The number of carbonyl (C=O) groups is 1. The molecule has 0 bridgehead atoms. The molecule has 0 radical (unpaired) electrons. The van der Waals surface area contributed by atoms with Gasteiger partial charge in [0.2, 0.25) is 5.91 Å². The molecule has 1 heterocycles. The van der Waals surface area contributed by atoms with Crippen molar-refractivity contribution in [3.05, 3.63) is 0 Å². The third kappa shape index (κ3) is 4.77. The minimum atomic E-state index is 0.280. The summed E-state index contributed by atoms with van der Waals surface area (Å²) in [6.07, 6.45) is 1.65. The van der Waals surface area contributed by atoms with Crippen LogP contribution in [0, 0.1) is 11.8 Å². The van der Waals surface area contributed by atoms with Crippen LogP contribution in [0.5, 0.6) is 0 Å². The van der Waals surface area contributed by atoms with Crippen molar-refractivity contribution in [3.63, 3.8) is 0 Å². The van der Waals surface area contributed by atoms with Gasteiger partial charge in [-0.15, -0.1) is 0 Å². The van der Waals surface area contributed by atoms with Crippen LogP contribution in [-0.2, 0) is 4.79 Å². The van der Waals surface area contributed by atoms with Crippen LogP contribution in [0.4, 0.5) is 0 Å². The Balaban J connectivity index is 2.53. The van der Waals surface area contributed by atoms with Crippen LogP contribution in [0.15, 0.2) is 0 Å². The predicted molar refractivity (Wildman–Crippen MR) is 79.9 cm³/mol. The van der Waals surface area contributed by atoms with Crippen molar-refractivity contribution < 1.29 is 4.79 Å². The van der Waals surface area contributed by atoms with Crippen LogP contribution < -0.4 is 5.73 Å². The number of piperazine rings is 1. The van der Waals surface area contributed by atoms with Crippen LogP contribution in [0.3, 0.4) is 0 Å². The Hall–Kier alpha value is -0.610. The summed E-state index contributed by atoms with van der Waals surface area (Å²) in [6.45, 7) is 11.1. The average Bonchev–Trinajstić information content (AvgIpc) is 2.33. The van der Waals surface area contributed by atoms with E-state index in [1.807, 2.05) is 4.90 Å². The quantitative estimate of drug-likeness (QED) is 0.824. The highest BCUT2D eigenvalue weighted by Crippen LogP contribution is 2.19. The molecule has 1 amide bonds. The molecule has 0 aliphatic carbocycles. The molecule has 112 valence electrons. The zero-order valence-electron chi connectivity index (χ0n) is 13.2. The monoisotopic (exact) mass is 269 g/mol. The van der Waals surface area contributed by atoms with Gasteiger partial charge >= 0.3 is 0 Å². The van der Waals surface area contributed by atoms with Crippen LogP contribution >= 0.6 is 0 Å². The van der Waals surface area contributed by atoms with Crippen LogP contribution in [0.2, 0.25) is 0 Å². The fourth-order valence-electron chi connectivity index (χ4n) is 2.91. The summed E-state index contributed by atoms with van der Waals surface area (Å²) < 4.78 is 0. The molecular weight excluding hydrogens is 238 g/mol. The van der Waals surface area contributed by atoms with Crippen molar-refractivity contribution in [1.29, 1.82) is 0 Å². The number of rotatable bonds is 5. The molecule has 0 aromatic rings. The van der Waals surface area contributed by atoms with Crippen LogP contribution in [0.1, 0.15) is 40.5 Å². The van der Waals surface area contributed by atoms with Crippen molar-refractivity contribution in [2.45, 2.75) is 52.6 Å². The number of hydrogen-bond donors (Lipinski definition) is 1. The van der Waals surface area contributed by atoms with E-state index in [9.17, 15) is 4.79 Å². The highest BCUT2D eigenvalue weighted by atomic mass is 16.2. The Morgan fingerprint density at radius 1 is 1.26 bits per heavy atom. The zero-order valence-corrected chi connectivity index (χ0v) is 13.2. The van der Waals surface area contributed by atoms with E-state index in [2.05, 4.69) is 39.6 Å². The van der Waals surface area contributed by atoms with Gasteiger partial charge in [0.15, 0.2) is 0 Å². The second-order valence-electron chi connectivity index (χ2n) is 6.60. The summed E-state index contributed by atoms with van der Waals surface area (Å²) in [5.74, 6) is 1.22. The van der Waals surface area contributed by atoms with Gasteiger partial charge in [-0.1, -0.05) is 13.8 Å². The fraction of sp³-hybridized carbons (Fsp3) is 0.933. The number of carbonyl (C=O) groups excluding carboxylic acids is 1. The maximum Gasteiger partial charge on any atom is 0.223 e. The SMILES string of the molecule is CC(C)CC(CN)CC(=O)N1CC(C)N(C)C(C)C1. The first-order valence-electron chi connectivity index (χ1n) is 7.54. The normalized spacial score (nSPS) is 26.8. The third-order valence-corrected chi connectivity index (χ3v) is 4.31. The molecule has 1 rings (SSSR count). The molecule has 1 aliphatic rings. The summed E-state index contributed by atoms with van der Waals surface area (Å²) in [4.78, 5) is 16.8. The zero-order chi connectivity index (χ0) is 14.6. The summed E-state index contributed by atoms with van der Waals surface area (Å²) in [6, 6.07) is 0.878. The topological polar surface area (TPSA) is 49.6 Å². The molecule has 0 aromatic carbocycles. The maximum atomic E-state index is 12.4. The van der Waals surface area contributed by atoms with E-state index in [-0.39, 0.29) is 5.91 Å². The second-order valence-corrected chi connectivity index (χ2v) is 6.60. The van der Waals surface area contributed by atoms with Gasteiger partial charge in [-0.2, -0.15) is 0 Å². The predicted octanol–water partition coefficient (Wildman–Crippen LogP) is 1.55. The lowest BCUT2D eigenvalue weighted by atomic mass is 9.93. The summed E-state index contributed by atoms with van der Waals surface area (Å²) in [5.41, 5.74) is 5.80. The van der Waals surface area contributed by atoms with Gasteiger partial charge in [-0.05, 0) is 45.7 Å². The number of amides is 1. The molecule has 19 heavy (non-hydrogen) atoms. The largest absolute Gasteiger partial charge is 0.340 e. The number of likely N-dealkylation sites (N-methyl/N-ethyl adjacent to an activating group) is 1. The standard InChI is InChI=1S/C15H31N3O/c1-11(2)6-14(8-16)7-15(19)18-9-12(3)17(5)13(4)10-18/h11-14H,6-10,16H2,1-5H3. The molecule has 3 unspecified atom stereocenters. The molecular formula is C15H31N3O. The van der Waals surface area contributed by atoms with Gasteiger partial charge in [0, 0.05) is 31.6 Å². The smallest absolute Gasteiger partial charge is 0.223 e.